The molecule has 10 heteroatoms. The molecule has 0 saturated carbocycles. The fourth-order valence-corrected chi connectivity index (χ4v) is 5.74. The first-order chi connectivity index (χ1) is 13.7. The van der Waals surface area contributed by atoms with Crippen molar-refractivity contribution >= 4 is 37.5 Å². The van der Waals surface area contributed by atoms with E-state index in [9.17, 15) is 17.6 Å². The number of benzene rings is 1. The Hall–Kier alpha value is -1.78. The number of anilines is 1. The highest BCUT2D eigenvalue weighted by molar-refractivity contribution is 9.10. The van der Waals surface area contributed by atoms with Crippen LogP contribution in [0.25, 0.3) is 0 Å². The zero-order valence-electron chi connectivity index (χ0n) is 16.4. The van der Waals surface area contributed by atoms with Gasteiger partial charge in [-0.3, -0.25) is 9.48 Å². The number of rotatable bonds is 6. The van der Waals surface area contributed by atoms with Crippen LogP contribution in [-0.4, -0.2) is 41.5 Å². The van der Waals surface area contributed by atoms with Crippen molar-refractivity contribution in [2.24, 2.45) is 0 Å². The Morgan fingerprint density at radius 1 is 1.24 bits per heavy atom. The maximum atomic E-state index is 13.9. The third-order valence-corrected chi connectivity index (χ3v) is 7.63. The molecule has 2 heterocycles. The van der Waals surface area contributed by atoms with E-state index in [0.717, 1.165) is 19.3 Å². The highest BCUT2D eigenvalue weighted by atomic mass is 79.9. The quantitative estimate of drug-likeness (QED) is 0.675. The molecule has 1 fully saturated rings. The van der Waals surface area contributed by atoms with E-state index in [0.29, 0.717) is 29.0 Å². The van der Waals surface area contributed by atoms with Crippen LogP contribution in [0.4, 0.5) is 10.1 Å². The molecule has 0 radical (unpaired) electrons. The van der Waals surface area contributed by atoms with Gasteiger partial charge in [-0.15, -0.1) is 0 Å². The average molecular weight is 487 g/mol. The predicted molar refractivity (Wildman–Crippen MR) is 112 cm³/mol. The minimum absolute atomic E-state index is 0.0423. The van der Waals surface area contributed by atoms with E-state index >= 15 is 0 Å². The van der Waals surface area contributed by atoms with E-state index in [1.54, 1.807) is 19.9 Å². The van der Waals surface area contributed by atoms with E-state index in [1.807, 2.05) is 0 Å². The molecule has 2 aromatic rings. The molecule has 29 heavy (non-hydrogen) atoms. The first-order valence-corrected chi connectivity index (χ1v) is 11.7. The molecule has 1 aromatic heterocycles. The largest absolute Gasteiger partial charge is 0.324 e. The van der Waals surface area contributed by atoms with Crippen molar-refractivity contribution < 1.29 is 17.6 Å². The van der Waals surface area contributed by atoms with Crippen LogP contribution in [-0.2, 0) is 21.4 Å². The van der Waals surface area contributed by atoms with Gasteiger partial charge in [0.15, 0.2) is 0 Å². The van der Waals surface area contributed by atoms with Gasteiger partial charge in [0.2, 0.25) is 15.9 Å². The first-order valence-electron chi connectivity index (χ1n) is 9.49. The number of nitrogens with one attached hydrogen (secondary N) is 1. The molecular formula is C19H24BrFN4O3S. The van der Waals surface area contributed by atoms with Crippen LogP contribution in [0.15, 0.2) is 27.6 Å². The number of aromatic nitrogens is 2. The molecule has 0 atom stereocenters. The lowest BCUT2D eigenvalue weighted by Gasteiger charge is -2.26. The van der Waals surface area contributed by atoms with Gasteiger partial charge in [-0.25, -0.2) is 12.8 Å². The first kappa shape index (κ1) is 21.9. The summed E-state index contributed by atoms with van der Waals surface area (Å²) in [5.41, 5.74) is 1.03. The van der Waals surface area contributed by atoms with Crippen molar-refractivity contribution in [2.75, 3.05) is 18.4 Å². The van der Waals surface area contributed by atoms with Crippen LogP contribution >= 0.6 is 15.9 Å². The Balaban J connectivity index is 1.70. The van der Waals surface area contributed by atoms with Gasteiger partial charge >= 0.3 is 0 Å². The number of sulfonamides is 1. The van der Waals surface area contributed by atoms with Gasteiger partial charge in [0, 0.05) is 24.0 Å². The lowest BCUT2D eigenvalue weighted by molar-refractivity contribution is -0.116. The second-order valence-corrected chi connectivity index (χ2v) is 9.90. The molecule has 158 valence electrons. The number of carbonyl (C=O) groups excluding carboxylic acids is 1. The van der Waals surface area contributed by atoms with Crippen LogP contribution in [0, 0.1) is 19.7 Å². The van der Waals surface area contributed by atoms with Crippen molar-refractivity contribution in [3.8, 4) is 0 Å². The Kier molecular flexibility index (Phi) is 6.75. The summed E-state index contributed by atoms with van der Waals surface area (Å²) in [6.07, 6.45) is 2.80. The van der Waals surface area contributed by atoms with E-state index in [2.05, 4.69) is 26.3 Å². The molecule has 0 bridgehead atoms. The lowest BCUT2D eigenvalue weighted by Crippen LogP contribution is -2.36. The van der Waals surface area contributed by atoms with E-state index in [-0.39, 0.29) is 29.5 Å². The maximum Gasteiger partial charge on any atom is 0.246 e. The van der Waals surface area contributed by atoms with Crippen molar-refractivity contribution in [3.05, 3.63) is 39.9 Å². The van der Waals surface area contributed by atoms with Crippen LogP contribution in [0.1, 0.15) is 37.1 Å². The molecule has 0 aliphatic carbocycles. The van der Waals surface area contributed by atoms with Gasteiger partial charge in [-0.1, -0.05) is 22.4 Å². The smallest absolute Gasteiger partial charge is 0.246 e. The molecule has 1 N–H and O–H groups in total. The summed E-state index contributed by atoms with van der Waals surface area (Å²) in [5, 5.41) is 6.86. The standard InChI is InChI=1S/C19H24BrFN4O3S/c1-13-19(29(27,28)24-9-4-3-5-10-24)14(2)25(23-13)11-8-18(26)22-17-7-6-15(20)12-16(17)21/h6-7,12H,3-5,8-11H2,1-2H3,(H,22,26). The van der Waals surface area contributed by atoms with Crippen LogP contribution < -0.4 is 5.32 Å². The van der Waals surface area contributed by atoms with Crippen LogP contribution in [0.2, 0.25) is 0 Å². The second kappa shape index (κ2) is 8.93. The summed E-state index contributed by atoms with van der Waals surface area (Å²) in [6, 6.07) is 4.38. The molecule has 1 aliphatic rings. The third-order valence-electron chi connectivity index (χ3n) is 4.98. The Morgan fingerprint density at radius 2 is 1.93 bits per heavy atom. The SMILES string of the molecule is Cc1nn(CCC(=O)Nc2ccc(Br)cc2F)c(C)c1S(=O)(=O)N1CCCCC1. The van der Waals surface area contributed by atoms with Crippen LogP contribution in [0.5, 0.6) is 0 Å². The molecular weight excluding hydrogens is 463 g/mol. The fraction of sp³-hybridized carbons (Fsp3) is 0.474. The summed E-state index contributed by atoms with van der Waals surface area (Å²) in [5.74, 6) is -0.909. The maximum absolute atomic E-state index is 13.9. The zero-order chi connectivity index (χ0) is 21.2. The van der Waals surface area contributed by atoms with Crippen molar-refractivity contribution in [1.82, 2.24) is 14.1 Å². The summed E-state index contributed by atoms with van der Waals surface area (Å²) >= 11 is 3.17. The van der Waals surface area contributed by atoms with E-state index < -0.39 is 15.8 Å². The van der Waals surface area contributed by atoms with Gasteiger partial charge in [0.05, 0.1) is 23.6 Å². The van der Waals surface area contributed by atoms with Gasteiger partial charge in [-0.05, 0) is 44.9 Å². The average Bonchev–Trinajstić information content (AvgIpc) is 2.97. The topological polar surface area (TPSA) is 84.3 Å². The zero-order valence-corrected chi connectivity index (χ0v) is 18.8. The van der Waals surface area contributed by atoms with Gasteiger partial charge in [0.25, 0.3) is 0 Å². The monoisotopic (exact) mass is 486 g/mol. The van der Waals surface area contributed by atoms with Crippen LogP contribution in [0.3, 0.4) is 0 Å². The van der Waals surface area contributed by atoms with Gasteiger partial charge in [-0.2, -0.15) is 9.40 Å². The normalized spacial score (nSPS) is 15.4. The predicted octanol–water partition coefficient (Wildman–Crippen LogP) is 3.60. The summed E-state index contributed by atoms with van der Waals surface area (Å²) in [7, 11) is -3.60. The Labute approximate surface area is 178 Å². The highest BCUT2D eigenvalue weighted by Crippen LogP contribution is 2.26. The highest BCUT2D eigenvalue weighted by Gasteiger charge is 2.31. The molecule has 7 nitrogen and oxygen atoms in total. The summed E-state index contributed by atoms with van der Waals surface area (Å²) in [6.45, 7) is 4.61. The minimum Gasteiger partial charge on any atom is -0.324 e. The molecule has 1 saturated heterocycles. The van der Waals surface area contributed by atoms with Crippen molar-refractivity contribution in [3.63, 3.8) is 0 Å². The molecule has 1 aromatic carbocycles. The van der Waals surface area contributed by atoms with E-state index in [4.69, 9.17) is 0 Å². The number of aryl methyl sites for hydroxylation is 2. The summed E-state index contributed by atoms with van der Waals surface area (Å²) in [4.78, 5) is 12.4. The van der Waals surface area contributed by atoms with Gasteiger partial charge in [0.1, 0.15) is 10.7 Å². The second-order valence-electron chi connectivity index (χ2n) is 7.11. The lowest BCUT2D eigenvalue weighted by atomic mass is 10.2. The third kappa shape index (κ3) is 4.87. The molecule has 0 spiro atoms. The fourth-order valence-electron chi connectivity index (χ4n) is 3.52. The minimum atomic E-state index is -3.60. The molecule has 0 unspecified atom stereocenters. The van der Waals surface area contributed by atoms with Crippen molar-refractivity contribution in [2.45, 2.75) is 51.0 Å². The Morgan fingerprint density at radius 3 is 2.59 bits per heavy atom. The number of hydrogen-bond donors (Lipinski definition) is 1. The number of halogens is 2. The number of amides is 1. The number of carbonyl (C=O) groups is 1. The number of piperidine rings is 1. The van der Waals surface area contributed by atoms with E-state index in [1.165, 1.54) is 21.1 Å². The number of nitrogens with zero attached hydrogens (tertiary/aromatic N) is 3. The summed E-state index contributed by atoms with van der Waals surface area (Å²) < 4.78 is 43.6. The molecule has 3 rings (SSSR count). The Bertz CT molecular complexity index is 1020. The molecule has 1 amide bonds. The van der Waals surface area contributed by atoms with Crippen molar-refractivity contribution in [1.29, 1.82) is 0 Å². The van der Waals surface area contributed by atoms with Gasteiger partial charge < -0.3 is 5.32 Å². The number of hydrogen-bond acceptors (Lipinski definition) is 4. The molecule has 1 aliphatic heterocycles.